The van der Waals surface area contributed by atoms with Crippen molar-refractivity contribution in [3.05, 3.63) is 35.9 Å². The summed E-state index contributed by atoms with van der Waals surface area (Å²) in [6.45, 7) is -0.443. The molecule has 0 radical (unpaired) electrons. The molecule has 50 heavy (non-hydrogen) atoms. The Balaban J connectivity index is 2.07. The zero-order valence-electron chi connectivity index (χ0n) is 25.2. The lowest BCUT2D eigenvalue weighted by atomic mass is 10.0. The van der Waals surface area contributed by atoms with Gasteiger partial charge in [0.05, 0.1) is 6.61 Å². The van der Waals surface area contributed by atoms with Crippen LogP contribution in [-0.4, -0.2) is 133 Å². The smallest absolute Gasteiger partial charge is 0.348 e. The zero-order valence-corrected chi connectivity index (χ0v) is 29.2. The molecule has 1 aromatic rings. The van der Waals surface area contributed by atoms with Crippen LogP contribution >= 0.6 is 0 Å². The average Bonchev–Trinajstić information content (AvgIpc) is 3.21. The second-order valence-corrected chi connectivity index (χ2v) is 15.4. The second-order valence-electron chi connectivity index (χ2n) is 10.2. The molecule has 2 heterocycles. The Bertz CT molecular complexity index is 1860. The molecule has 6 N–H and O–H groups in total. The van der Waals surface area contributed by atoms with Crippen molar-refractivity contribution in [3.63, 3.8) is 0 Å². The summed E-state index contributed by atoms with van der Waals surface area (Å²) in [5.74, 6) is -2.99. The molecular weight excluding hydrogens is 799 g/mol. The lowest BCUT2D eigenvalue weighted by Gasteiger charge is -2.41. The molecule has 9 atom stereocenters. The highest BCUT2D eigenvalue weighted by Crippen LogP contribution is 2.39. The fourth-order valence-corrected chi connectivity index (χ4v) is 7.40. The van der Waals surface area contributed by atoms with Crippen molar-refractivity contribution < 1.29 is 105 Å². The van der Waals surface area contributed by atoms with E-state index in [4.69, 9.17) is 23.5 Å². The van der Waals surface area contributed by atoms with Gasteiger partial charge in [0.1, 0.15) is 36.6 Å². The third-order valence-corrected chi connectivity index (χ3v) is 9.01. The molecule has 2 saturated heterocycles. The Morgan fingerprint density at radius 2 is 1.34 bits per heavy atom. The minimum atomic E-state index is -5.68. The molecule has 0 saturated carbocycles. The molecule has 0 unspecified atom stereocenters. The first kappa shape index (κ1) is 42.8. The first-order valence-corrected chi connectivity index (χ1v) is 20.1. The van der Waals surface area contributed by atoms with Gasteiger partial charge in [-0.05, 0) is 12.5 Å². The standard InChI is InChI=1S/C20H31NO24S5/c1-11(41-46(22,23)24)16-18(44-49(31,32)33)19(45-50(34,35)36)20(37-2,40-16)21-9-14-17(43-48(28,29)30)13(42-47(25,26)27)8-15(39-14)38-10-12-6-4-3-5-7-12/h3-7,11,13-19,21H,8-10H2,1-2H3,(H,22,23,24)(H,25,26,27)(H,28,29,30)(H,31,32,33)(H,34,35,36)/t11-,13-,14-,15+,16-,17+,18+,19-,20-/m1/s1. The summed E-state index contributed by atoms with van der Waals surface area (Å²) in [5, 5.41) is 2.27. The first-order valence-electron chi connectivity index (χ1n) is 13.3. The molecule has 30 heteroatoms. The van der Waals surface area contributed by atoms with Gasteiger partial charge in [0.2, 0.25) is 0 Å². The van der Waals surface area contributed by atoms with Crippen molar-refractivity contribution in [2.75, 3.05) is 13.7 Å². The van der Waals surface area contributed by atoms with Crippen LogP contribution in [0.15, 0.2) is 30.3 Å². The maximum absolute atomic E-state index is 11.8. The Morgan fingerprint density at radius 1 is 0.800 bits per heavy atom. The maximum Gasteiger partial charge on any atom is 0.397 e. The van der Waals surface area contributed by atoms with Gasteiger partial charge in [-0.25, -0.2) is 20.9 Å². The molecule has 25 nitrogen and oxygen atoms in total. The molecular formula is C20H31NO24S5. The highest BCUT2D eigenvalue weighted by atomic mass is 32.3. The van der Waals surface area contributed by atoms with Crippen LogP contribution in [-0.2, 0) is 98.5 Å². The lowest BCUT2D eigenvalue weighted by Crippen LogP contribution is -2.62. The fraction of sp³-hybridized carbons (Fsp3) is 0.700. The zero-order chi connectivity index (χ0) is 37.9. The summed E-state index contributed by atoms with van der Waals surface area (Å²) < 4.78 is 208. The van der Waals surface area contributed by atoms with Crippen molar-refractivity contribution >= 4 is 52.0 Å². The Labute approximate surface area is 285 Å². The van der Waals surface area contributed by atoms with E-state index in [-0.39, 0.29) is 6.61 Å². The average molecular weight is 830 g/mol. The molecule has 0 aromatic heterocycles. The van der Waals surface area contributed by atoms with E-state index < -0.39 is 120 Å². The van der Waals surface area contributed by atoms with Gasteiger partial charge >= 0.3 is 52.0 Å². The quantitative estimate of drug-likeness (QED) is 0.0661. The summed E-state index contributed by atoms with van der Waals surface area (Å²) in [5.41, 5.74) is 0.550. The van der Waals surface area contributed by atoms with E-state index in [0.29, 0.717) is 5.56 Å². The summed E-state index contributed by atoms with van der Waals surface area (Å²) in [4.78, 5) is 0. The molecule has 0 amide bonds. The van der Waals surface area contributed by atoms with Crippen LogP contribution in [0.5, 0.6) is 0 Å². The van der Waals surface area contributed by atoms with Crippen LogP contribution in [0, 0.1) is 0 Å². The van der Waals surface area contributed by atoms with Crippen LogP contribution in [0.4, 0.5) is 0 Å². The Kier molecular flexibility index (Phi) is 13.8. The van der Waals surface area contributed by atoms with E-state index in [1.54, 1.807) is 30.3 Å². The van der Waals surface area contributed by atoms with Gasteiger partial charge in [0, 0.05) is 20.1 Å². The van der Waals surface area contributed by atoms with Gasteiger partial charge < -0.3 is 18.9 Å². The van der Waals surface area contributed by atoms with E-state index in [1.165, 1.54) is 0 Å². The highest BCUT2D eigenvalue weighted by molar-refractivity contribution is 7.81. The van der Waals surface area contributed by atoms with Crippen LogP contribution in [0.3, 0.4) is 0 Å². The van der Waals surface area contributed by atoms with Crippen molar-refractivity contribution in [3.8, 4) is 0 Å². The van der Waals surface area contributed by atoms with Gasteiger partial charge in [0.15, 0.2) is 12.4 Å². The molecule has 1 aromatic carbocycles. The monoisotopic (exact) mass is 829 g/mol. The number of benzene rings is 1. The van der Waals surface area contributed by atoms with Gasteiger partial charge in [0.25, 0.3) is 5.91 Å². The predicted octanol–water partition coefficient (Wildman–Crippen LogP) is -2.43. The third-order valence-electron chi connectivity index (χ3n) is 6.60. The predicted molar refractivity (Wildman–Crippen MR) is 155 cm³/mol. The van der Waals surface area contributed by atoms with Crippen LogP contribution in [0.1, 0.15) is 18.9 Å². The minimum Gasteiger partial charge on any atom is -0.348 e. The molecule has 0 spiro atoms. The van der Waals surface area contributed by atoms with Crippen molar-refractivity contribution in [2.24, 2.45) is 0 Å². The summed E-state index contributed by atoms with van der Waals surface area (Å²) in [6.07, 6.45) is -17.9. The van der Waals surface area contributed by atoms with Crippen molar-refractivity contribution in [1.29, 1.82) is 0 Å². The minimum absolute atomic E-state index is 0.217. The van der Waals surface area contributed by atoms with Gasteiger partial charge in [-0.1, -0.05) is 30.3 Å². The number of rotatable bonds is 18. The normalized spacial score (nSPS) is 30.7. The number of ether oxygens (including phenoxy) is 4. The topological polar surface area (TPSA) is 367 Å². The van der Waals surface area contributed by atoms with Crippen LogP contribution < -0.4 is 5.32 Å². The first-order chi connectivity index (χ1) is 22.7. The summed E-state index contributed by atoms with van der Waals surface area (Å²) in [6, 6.07) is 8.18. The largest absolute Gasteiger partial charge is 0.397 e. The SMILES string of the molecule is CO[C@@]1(NC[C@H]2O[C@H](OCc3ccccc3)C[C@@H](OS(=O)(=O)O)[C@@H]2OS(=O)(=O)O)O[C@H]([C@@H](C)OS(=O)(=O)O)[C@H](OS(=O)(=O)O)[C@H]1OS(=O)(=O)O. The molecule has 2 aliphatic heterocycles. The fourth-order valence-electron chi connectivity index (χ4n) is 4.89. The number of hydrogen-bond acceptors (Lipinski definition) is 20. The molecule has 2 fully saturated rings. The van der Waals surface area contributed by atoms with E-state index in [0.717, 1.165) is 14.0 Å². The highest BCUT2D eigenvalue weighted by Gasteiger charge is 2.63. The lowest BCUT2D eigenvalue weighted by molar-refractivity contribution is -0.279. The van der Waals surface area contributed by atoms with Gasteiger partial charge in [-0.15, -0.1) is 0 Å². The van der Waals surface area contributed by atoms with E-state index in [2.05, 4.69) is 26.2 Å². The Morgan fingerprint density at radius 3 is 1.84 bits per heavy atom. The summed E-state index contributed by atoms with van der Waals surface area (Å²) >= 11 is 0. The molecule has 0 aliphatic carbocycles. The van der Waals surface area contributed by atoms with E-state index in [1.807, 2.05) is 0 Å². The summed E-state index contributed by atoms with van der Waals surface area (Å²) in [7, 11) is -26.8. The second kappa shape index (κ2) is 16.2. The van der Waals surface area contributed by atoms with E-state index >= 15 is 0 Å². The van der Waals surface area contributed by atoms with E-state index in [9.17, 15) is 60.3 Å². The van der Waals surface area contributed by atoms with Crippen LogP contribution in [0.25, 0.3) is 0 Å². The van der Waals surface area contributed by atoms with Gasteiger partial charge in [-0.2, -0.15) is 42.1 Å². The molecule has 290 valence electrons. The van der Waals surface area contributed by atoms with Crippen molar-refractivity contribution in [2.45, 2.75) is 74.9 Å². The Hall–Kier alpha value is -1.63. The van der Waals surface area contributed by atoms with Crippen molar-refractivity contribution in [1.82, 2.24) is 5.32 Å². The third kappa shape index (κ3) is 13.4. The van der Waals surface area contributed by atoms with Gasteiger partial charge in [-0.3, -0.25) is 28.1 Å². The number of hydrogen-bond donors (Lipinski definition) is 6. The molecule has 3 rings (SSSR count). The molecule has 0 bridgehead atoms. The molecule has 2 aliphatic rings. The maximum atomic E-state index is 11.8. The van der Waals surface area contributed by atoms with Crippen LogP contribution in [0.2, 0.25) is 0 Å². The number of nitrogens with one attached hydrogen (secondary N) is 1. The number of methoxy groups -OCH3 is 1.